The molecule has 4 heteroatoms. The predicted octanol–water partition coefficient (Wildman–Crippen LogP) is 3.00. The minimum Gasteiger partial charge on any atom is -0.381 e. The van der Waals surface area contributed by atoms with Crippen LogP contribution in [0.1, 0.15) is 70.6 Å². The van der Waals surface area contributed by atoms with Gasteiger partial charge in [-0.1, -0.05) is 6.42 Å². The first-order chi connectivity index (χ1) is 11.7. The van der Waals surface area contributed by atoms with Crippen molar-refractivity contribution < 1.29 is 9.53 Å². The molecule has 0 aromatic heterocycles. The van der Waals surface area contributed by atoms with Crippen LogP contribution in [0.25, 0.3) is 0 Å². The van der Waals surface area contributed by atoms with Crippen molar-refractivity contribution in [2.24, 2.45) is 28.9 Å². The second-order valence-electron chi connectivity index (χ2n) is 9.09. The van der Waals surface area contributed by atoms with E-state index in [2.05, 4.69) is 5.32 Å². The van der Waals surface area contributed by atoms with Crippen molar-refractivity contribution >= 4 is 5.91 Å². The number of carbonyl (C=O) groups is 1. The Kier molecular flexibility index (Phi) is 4.88. The summed E-state index contributed by atoms with van der Waals surface area (Å²) >= 11 is 0. The number of amides is 1. The summed E-state index contributed by atoms with van der Waals surface area (Å²) < 4.78 is 5.53. The number of nitrogens with two attached hydrogens (primary N) is 1. The maximum absolute atomic E-state index is 12.8. The fraction of sp³-hybridized carbons (Fsp3) is 0.950. The first-order valence-corrected chi connectivity index (χ1v) is 10.3. The SMILES string of the molecule is NC1C2CCCC1CC(C(=O)NC1CCC3(CCOCC3)CC1)C2. The average Bonchev–Trinajstić information content (AvgIpc) is 2.58. The first kappa shape index (κ1) is 16.8. The second kappa shape index (κ2) is 6.95. The Balaban J connectivity index is 1.28. The van der Waals surface area contributed by atoms with Crippen LogP contribution in [0.4, 0.5) is 0 Å². The topological polar surface area (TPSA) is 64.4 Å². The summed E-state index contributed by atoms with van der Waals surface area (Å²) in [5.41, 5.74) is 6.89. The molecule has 1 heterocycles. The van der Waals surface area contributed by atoms with Crippen LogP contribution in [0, 0.1) is 23.2 Å². The molecule has 3 N–H and O–H groups in total. The van der Waals surface area contributed by atoms with E-state index in [4.69, 9.17) is 10.5 Å². The standard InChI is InChI=1S/C20H34N2O2/c21-18-14-2-1-3-15(18)13-16(12-14)19(23)22-17-4-6-20(7-5-17)8-10-24-11-9-20/h14-18H,1-13,21H2,(H,22,23). The number of rotatable bonds is 2. The molecule has 136 valence electrons. The molecule has 1 saturated heterocycles. The van der Waals surface area contributed by atoms with Crippen LogP contribution in [-0.2, 0) is 9.53 Å². The molecule has 24 heavy (non-hydrogen) atoms. The van der Waals surface area contributed by atoms with Crippen molar-refractivity contribution in [1.82, 2.24) is 5.32 Å². The second-order valence-corrected chi connectivity index (χ2v) is 9.09. The molecule has 0 radical (unpaired) electrons. The minimum absolute atomic E-state index is 0.221. The van der Waals surface area contributed by atoms with Crippen LogP contribution < -0.4 is 11.1 Å². The van der Waals surface area contributed by atoms with E-state index in [1.807, 2.05) is 0 Å². The molecule has 2 bridgehead atoms. The molecule has 1 aliphatic heterocycles. The molecule has 2 unspecified atom stereocenters. The van der Waals surface area contributed by atoms with Gasteiger partial charge in [-0.25, -0.2) is 0 Å². The third kappa shape index (κ3) is 3.37. The van der Waals surface area contributed by atoms with E-state index in [0.29, 0.717) is 35.2 Å². The van der Waals surface area contributed by atoms with Crippen molar-refractivity contribution in [3.05, 3.63) is 0 Å². The lowest BCUT2D eigenvalue weighted by molar-refractivity contribution is -0.129. The van der Waals surface area contributed by atoms with E-state index in [1.165, 1.54) is 44.9 Å². The number of hydrogen-bond acceptors (Lipinski definition) is 3. The Labute approximate surface area is 146 Å². The molecular formula is C20H34N2O2. The van der Waals surface area contributed by atoms with E-state index >= 15 is 0 Å². The monoisotopic (exact) mass is 334 g/mol. The van der Waals surface area contributed by atoms with Gasteiger partial charge in [-0.15, -0.1) is 0 Å². The Hall–Kier alpha value is -0.610. The highest BCUT2D eigenvalue weighted by Crippen LogP contribution is 2.45. The van der Waals surface area contributed by atoms with Gasteiger partial charge >= 0.3 is 0 Å². The summed E-state index contributed by atoms with van der Waals surface area (Å²) in [5, 5.41) is 3.40. The Morgan fingerprint density at radius 1 is 0.958 bits per heavy atom. The minimum atomic E-state index is 0.221. The third-order valence-electron chi connectivity index (χ3n) is 7.73. The van der Waals surface area contributed by atoms with Crippen LogP contribution in [0.15, 0.2) is 0 Å². The quantitative estimate of drug-likeness (QED) is 0.816. The smallest absolute Gasteiger partial charge is 0.223 e. The fourth-order valence-corrected chi connectivity index (χ4v) is 6.00. The Morgan fingerprint density at radius 2 is 1.58 bits per heavy atom. The van der Waals surface area contributed by atoms with Crippen molar-refractivity contribution in [1.29, 1.82) is 0 Å². The summed E-state index contributed by atoms with van der Waals surface area (Å²) in [6, 6.07) is 0.757. The van der Waals surface area contributed by atoms with Gasteiger partial charge in [-0.3, -0.25) is 4.79 Å². The molecule has 0 aromatic rings. The summed E-state index contributed by atoms with van der Waals surface area (Å²) in [7, 11) is 0. The number of carbonyl (C=O) groups excluding carboxylic acids is 1. The van der Waals surface area contributed by atoms with Crippen molar-refractivity contribution in [2.75, 3.05) is 13.2 Å². The highest BCUT2D eigenvalue weighted by atomic mass is 16.5. The van der Waals surface area contributed by atoms with E-state index in [-0.39, 0.29) is 5.92 Å². The predicted molar refractivity (Wildman–Crippen MR) is 94.4 cm³/mol. The molecule has 1 spiro atoms. The largest absolute Gasteiger partial charge is 0.381 e. The van der Waals surface area contributed by atoms with Gasteiger partial charge in [0.15, 0.2) is 0 Å². The Bertz CT molecular complexity index is 437. The highest BCUT2D eigenvalue weighted by Gasteiger charge is 2.42. The zero-order chi connectivity index (χ0) is 16.6. The lowest BCUT2D eigenvalue weighted by atomic mass is 9.64. The molecule has 4 fully saturated rings. The van der Waals surface area contributed by atoms with Crippen LogP contribution >= 0.6 is 0 Å². The normalized spacial score (nSPS) is 39.5. The third-order valence-corrected chi connectivity index (χ3v) is 7.73. The van der Waals surface area contributed by atoms with Gasteiger partial charge in [0, 0.05) is 31.2 Å². The maximum atomic E-state index is 12.8. The van der Waals surface area contributed by atoms with Crippen molar-refractivity contribution in [3.63, 3.8) is 0 Å². The van der Waals surface area contributed by atoms with E-state index in [1.54, 1.807) is 0 Å². The van der Waals surface area contributed by atoms with Gasteiger partial charge < -0.3 is 15.8 Å². The summed E-state index contributed by atoms with van der Waals surface area (Å²) in [6.45, 7) is 1.87. The van der Waals surface area contributed by atoms with Crippen LogP contribution in [0.2, 0.25) is 0 Å². The molecule has 3 saturated carbocycles. The zero-order valence-corrected chi connectivity index (χ0v) is 15.0. The van der Waals surface area contributed by atoms with Gasteiger partial charge in [0.25, 0.3) is 0 Å². The average molecular weight is 335 g/mol. The summed E-state index contributed by atoms with van der Waals surface area (Å²) in [4.78, 5) is 12.8. The number of hydrogen-bond donors (Lipinski definition) is 2. The highest BCUT2D eigenvalue weighted by molar-refractivity contribution is 5.79. The first-order valence-electron chi connectivity index (χ1n) is 10.3. The van der Waals surface area contributed by atoms with E-state index in [0.717, 1.165) is 38.9 Å². The summed E-state index contributed by atoms with van der Waals surface area (Å²) in [5.74, 6) is 1.72. The van der Waals surface area contributed by atoms with Crippen LogP contribution in [0.5, 0.6) is 0 Å². The zero-order valence-electron chi connectivity index (χ0n) is 15.0. The molecule has 1 amide bonds. The lowest BCUT2D eigenvalue weighted by Gasteiger charge is -2.45. The maximum Gasteiger partial charge on any atom is 0.223 e. The van der Waals surface area contributed by atoms with Gasteiger partial charge in [-0.05, 0) is 81.5 Å². The molecular weight excluding hydrogens is 300 g/mol. The van der Waals surface area contributed by atoms with Crippen molar-refractivity contribution in [3.8, 4) is 0 Å². The lowest BCUT2D eigenvalue weighted by Crippen LogP contribution is -2.51. The summed E-state index contributed by atoms with van der Waals surface area (Å²) in [6.07, 6.45) is 13.1. The number of ether oxygens (including phenoxy) is 1. The molecule has 4 aliphatic rings. The van der Waals surface area contributed by atoms with E-state index in [9.17, 15) is 4.79 Å². The Morgan fingerprint density at radius 3 is 2.21 bits per heavy atom. The molecule has 2 atom stereocenters. The fourth-order valence-electron chi connectivity index (χ4n) is 6.00. The number of fused-ring (bicyclic) bond motifs is 2. The van der Waals surface area contributed by atoms with Gasteiger partial charge in [-0.2, -0.15) is 0 Å². The van der Waals surface area contributed by atoms with Gasteiger partial charge in [0.05, 0.1) is 0 Å². The van der Waals surface area contributed by atoms with Crippen molar-refractivity contribution in [2.45, 2.75) is 82.7 Å². The molecule has 4 nitrogen and oxygen atoms in total. The van der Waals surface area contributed by atoms with Crippen LogP contribution in [-0.4, -0.2) is 31.2 Å². The number of nitrogens with one attached hydrogen (secondary N) is 1. The van der Waals surface area contributed by atoms with Gasteiger partial charge in [0.2, 0.25) is 5.91 Å². The van der Waals surface area contributed by atoms with Crippen LogP contribution in [0.3, 0.4) is 0 Å². The van der Waals surface area contributed by atoms with Gasteiger partial charge in [0.1, 0.15) is 0 Å². The molecule has 3 aliphatic carbocycles. The molecule has 0 aromatic carbocycles. The van der Waals surface area contributed by atoms with E-state index < -0.39 is 0 Å². The molecule has 4 rings (SSSR count).